The third-order valence-electron chi connectivity index (χ3n) is 3.74. The number of amides is 1. The minimum atomic E-state index is -3.81. The lowest BCUT2D eigenvalue weighted by Crippen LogP contribution is -2.38. The number of thiazole rings is 1. The van der Waals surface area contributed by atoms with Crippen LogP contribution in [0.5, 0.6) is 0 Å². The molecule has 2 rings (SSSR count). The standard InChI is InChI=1S/C17H21N3O4S2/c1-12-11-25-16(19-12)8-9-20(3)17(22)10-18-26(23,24)15-6-4-14(5-7-15)13(2)21/h4-7,11,18H,8-10H2,1-3H3. The van der Waals surface area contributed by atoms with Crippen LogP contribution in [0.15, 0.2) is 34.5 Å². The summed E-state index contributed by atoms with van der Waals surface area (Å²) in [5.41, 5.74) is 1.37. The van der Waals surface area contributed by atoms with Gasteiger partial charge < -0.3 is 4.90 Å². The van der Waals surface area contributed by atoms with Gasteiger partial charge in [-0.1, -0.05) is 12.1 Å². The van der Waals surface area contributed by atoms with E-state index in [0.29, 0.717) is 18.5 Å². The van der Waals surface area contributed by atoms with E-state index in [1.54, 1.807) is 7.05 Å². The van der Waals surface area contributed by atoms with Gasteiger partial charge in [0, 0.05) is 36.7 Å². The number of nitrogens with zero attached hydrogens (tertiary/aromatic N) is 2. The molecule has 0 aliphatic heterocycles. The van der Waals surface area contributed by atoms with E-state index < -0.39 is 10.0 Å². The lowest BCUT2D eigenvalue weighted by Gasteiger charge is -2.17. The van der Waals surface area contributed by atoms with Crippen LogP contribution in [0.2, 0.25) is 0 Å². The number of benzene rings is 1. The summed E-state index contributed by atoms with van der Waals surface area (Å²) in [6, 6.07) is 5.58. The maximum absolute atomic E-state index is 12.2. The number of rotatable bonds is 8. The first kappa shape index (κ1) is 20.2. The molecule has 1 aromatic heterocycles. The van der Waals surface area contributed by atoms with Gasteiger partial charge in [-0.15, -0.1) is 11.3 Å². The molecule has 9 heteroatoms. The van der Waals surface area contributed by atoms with Crippen molar-refractivity contribution in [2.75, 3.05) is 20.1 Å². The van der Waals surface area contributed by atoms with Gasteiger partial charge >= 0.3 is 0 Å². The number of hydrogen-bond acceptors (Lipinski definition) is 6. The highest BCUT2D eigenvalue weighted by Gasteiger charge is 2.17. The van der Waals surface area contributed by atoms with Crippen molar-refractivity contribution in [2.45, 2.75) is 25.2 Å². The molecule has 0 radical (unpaired) electrons. The number of carbonyl (C=O) groups excluding carboxylic acids is 2. The van der Waals surface area contributed by atoms with Crippen LogP contribution < -0.4 is 4.72 Å². The van der Waals surface area contributed by atoms with E-state index in [4.69, 9.17) is 0 Å². The Balaban J connectivity index is 1.89. The molecule has 1 amide bonds. The van der Waals surface area contributed by atoms with E-state index >= 15 is 0 Å². The summed E-state index contributed by atoms with van der Waals surface area (Å²) in [5.74, 6) is -0.476. The fourth-order valence-electron chi connectivity index (χ4n) is 2.15. The van der Waals surface area contributed by atoms with Crippen molar-refractivity contribution >= 4 is 33.1 Å². The number of sulfonamides is 1. The third-order valence-corrected chi connectivity index (χ3v) is 6.18. The minimum Gasteiger partial charge on any atom is -0.344 e. The Labute approximate surface area is 157 Å². The molecule has 26 heavy (non-hydrogen) atoms. The second kappa shape index (κ2) is 8.52. The zero-order valence-electron chi connectivity index (χ0n) is 14.9. The van der Waals surface area contributed by atoms with Crippen molar-refractivity contribution < 1.29 is 18.0 Å². The summed E-state index contributed by atoms with van der Waals surface area (Å²) >= 11 is 1.54. The lowest BCUT2D eigenvalue weighted by molar-refractivity contribution is -0.128. The Morgan fingerprint density at radius 2 is 1.88 bits per heavy atom. The number of likely N-dealkylation sites (N-methyl/N-ethyl adjacent to an activating group) is 1. The molecule has 0 saturated heterocycles. The quantitative estimate of drug-likeness (QED) is 0.686. The van der Waals surface area contributed by atoms with Crippen LogP contribution in [-0.4, -0.2) is 50.1 Å². The van der Waals surface area contributed by atoms with Gasteiger partial charge in [-0.05, 0) is 26.0 Å². The van der Waals surface area contributed by atoms with Gasteiger partial charge in [0.2, 0.25) is 15.9 Å². The smallest absolute Gasteiger partial charge is 0.241 e. The van der Waals surface area contributed by atoms with Gasteiger partial charge in [0.05, 0.1) is 16.4 Å². The van der Waals surface area contributed by atoms with Gasteiger partial charge in [-0.3, -0.25) is 9.59 Å². The highest BCUT2D eigenvalue weighted by Crippen LogP contribution is 2.11. The van der Waals surface area contributed by atoms with E-state index in [9.17, 15) is 18.0 Å². The van der Waals surface area contributed by atoms with Crippen LogP contribution in [0.4, 0.5) is 0 Å². The second-order valence-corrected chi connectivity index (χ2v) is 8.56. The van der Waals surface area contributed by atoms with Crippen molar-refractivity contribution in [2.24, 2.45) is 0 Å². The van der Waals surface area contributed by atoms with Crippen molar-refractivity contribution in [3.8, 4) is 0 Å². The molecule has 0 aliphatic rings. The zero-order valence-corrected chi connectivity index (χ0v) is 16.5. The van der Waals surface area contributed by atoms with E-state index in [0.717, 1.165) is 10.7 Å². The molecule has 0 aliphatic carbocycles. The zero-order chi connectivity index (χ0) is 19.3. The Morgan fingerprint density at radius 1 is 1.23 bits per heavy atom. The molecule has 0 saturated carbocycles. The van der Waals surface area contributed by atoms with Crippen molar-refractivity contribution in [1.82, 2.24) is 14.6 Å². The lowest BCUT2D eigenvalue weighted by atomic mass is 10.2. The van der Waals surface area contributed by atoms with Crippen LogP contribution in [0, 0.1) is 6.92 Å². The van der Waals surface area contributed by atoms with E-state index in [-0.39, 0.29) is 23.1 Å². The number of Topliss-reactive ketones (excluding diaryl/α,β-unsaturated/α-hetero) is 1. The number of aromatic nitrogens is 1. The summed E-state index contributed by atoms with van der Waals surface area (Å²) < 4.78 is 26.8. The SMILES string of the molecule is CC(=O)c1ccc(S(=O)(=O)NCC(=O)N(C)CCc2nc(C)cs2)cc1. The molecule has 7 nitrogen and oxygen atoms in total. The van der Waals surface area contributed by atoms with Crippen molar-refractivity contribution in [3.63, 3.8) is 0 Å². The average Bonchev–Trinajstić information content (AvgIpc) is 3.03. The molecule has 0 unspecified atom stereocenters. The minimum absolute atomic E-state index is 0.0104. The summed E-state index contributed by atoms with van der Waals surface area (Å²) in [7, 11) is -2.19. The van der Waals surface area contributed by atoms with Crippen LogP contribution in [-0.2, 0) is 21.2 Å². The van der Waals surface area contributed by atoms with Crippen LogP contribution >= 0.6 is 11.3 Å². The van der Waals surface area contributed by atoms with E-state index in [2.05, 4.69) is 9.71 Å². The van der Waals surface area contributed by atoms with Gasteiger partial charge in [-0.25, -0.2) is 18.1 Å². The molecule has 0 fully saturated rings. The molecule has 140 valence electrons. The highest BCUT2D eigenvalue weighted by atomic mass is 32.2. The highest BCUT2D eigenvalue weighted by molar-refractivity contribution is 7.89. The number of nitrogens with one attached hydrogen (secondary N) is 1. The third kappa shape index (κ3) is 5.45. The van der Waals surface area contributed by atoms with Crippen molar-refractivity contribution in [1.29, 1.82) is 0 Å². The van der Waals surface area contributed by atoms with Crippen LogP contribution in [0.25, 0.3) is 0 Å². The average molecular weight is 396 g/mol. The monoisotopic (exact) mass is 395 g/mol. The van der Waals surface area contributed by atoms with Crippen LogP contribution in [0.3, 0.4) is 0 Å². The Morgan fingerprint density at radius 3 is 2.42 bits per heavy atom. The molecule has 0 bridgehead atoms. The van der Waals surface area contributed by atoms with Gasteiger partial charge in [0.15, 0.2) is 5.78 Å². The van der Waals surface area contributed by atoms with Gasteiger partial charge in [0.1, 0.15) is 0 Å². The molecule has 2 aromatic rings. The predicted molar refractivity (Wildman–Crippen MR) is 99.8 cm³/mol. The van der Waals surface area contributed by atoms with Gasteiger partial charge in [-0.2, -0.15) is 0 Å². The Hall–Kier alpha value is -2.10. The molecule has 1 heterocycles. The topological polar surface area (TPSA) is 96.4 Å². The molecular weight excluding hydrogens is 374 g/mol. The van der Waals surface area contributed by atoms with Crippen molar-refractivity contribution in [3.05, 3.63) is 45.9 Å². The van der Waals surface area contributed by atoms with E-state index in [1.165, 1.54) is 47.4 Å². The Kier molecular flexibility index (Phi) is 6.63. The molecule has 1 aromatic carbocycles. The molecular formula is C17H21N3O4S2. The van der Waals surface area contributed by atoms with Crippen LogP contribution in [0.1, 0.15) is 28.0 Å². The molecule has 0 spiro atoms. The fraction of sp³-hybridized carbons (Fsp3) is 0.353. The fourth-order valence-corrected chi connectivity index (χ4v) is 3.89. The first-order valence-corrected chi connectivity index (χ1v) is 10.3. The molecule has 1 N–H and O–H groups in total. The predicted octanol–water partition coefficient (Wildman–Crippen LogP) is 1.63. The molecule has 0 atom stereocenters. The number of carbonyl (C=O) groups is 2. The van der Waals surface area contributed by atoms with E-state index in [1.807, 2.05) is 12.3 Å². The summed E-state index contributed by atoms with van der Waals surface area (Å²) in [5, 5.41) is 2.89. The Bertz CT molecular complexity index is 889. The summed E-state index contributed by atoms with van der Waals surface area (Å²) in [6.07, 6.45) is 0.625. The number of hydrogen-bond donors (Lipinski definition) is 1. The number of aryl methyl sites for hydroxylation is 1. The maximum atomic E-state index is 12.2. The maximum Gasteiger partial charge on any atom is 0.241 e. The second-order valence-electron chi connectivity index (χ2n) is 5.85. The first-order chi connectivity index (χ1) is 12.2. The summed E-state index contributed by atoms with van der Waals surface area (Å²) in [6.45, 7) is 3.45. The number of ketones is 1. The van der Waals surface area contributed by atoms with Gasteiger partial charge in [0.25, 0.3) is 0 Å². The normalized spacial score (nSPS) is 11.3. The summed E-state index contributed by atoms with van der Waals surface area (Å²) in [4.78, 5) is 29.2. The first-order valence-electron chi connectivity index (χ1n) is 7.94. The largest absolute Gasteiger partial charge is 0.344 e.